The molecule has 0 bridgehead atoms. The largest absolute Gasteiger partial charge is 0.391 e. The van der Waals surface area contributed by atoms with Crippen LogP contribution in [0.15, 0.2) is 30.3 Å². The van der Waals surface area contributed by atoms with E-state index in [0.29, 0.717) is 23.4 Å². The molecule has 0 saturated carbocycles. The Kier molecular flexibility index (Phi) is 4.37. The molecule has 1 fully saturated rings. The number of aliphatic hydroxyl groups excluding tert-OH is 2. The van der Waals surface area contributed by atoms with Gasteiger partial charge in [0.2, 0.25) is 0 Å². The van der Waals surface area contributed by atoms with Crippen molar-refractivity contribution in [2.45, 2.75) is 24.7 Å². The summed E-state index contributed by atoms with van der Waals surface area (Å²) in [7, 11) is 0. The third-order valence-corrected chi connectivity index (χ3v) is 4.27. The van der Waals surface area contributed by atoms with E-state index in [2.05, 4.69) is 19.9 Å². The Balaban J connectivity index is 1.62. The number of H-pyrrole nitrogens is 1. The molecule has 3 atom stereocenters. The molecular formula is C18H19N5O3. The molecule has 0 amide bonds. The zero-order chi connectivity index (χ0) is 18.1. The molecule has 5 N–H and O–H groups in total. The van der Waals surface area contributed by atoms with Gasteiger partial charge in [0.05, 0.1) is 18.8 Å². The van der Waals surface area contributed by atoms with Crippen LogP contribution in [0.2, 0.25) is 0 Å². The Morgan fingerprint density at radius 1 is 1.19 bits per heavy atom. The number of fused-ring (bicyclic) bond motifs is 1. The van der Waals surface area contributed by atoms with Gasteiger partial charge in [0.15, 0.2) is 17.3 Å². The van der Waals surface area contributed by atoms with Crippen molar-refractivity contribution in [3.63, 3.8) is 0 Å². The van der Waals surface area contributed by atoms with Gasteiger partial charge in [0.1, 0.15) is 17.4 Å². The molecule has 134 valence electrons. The van der Waals surface area contributed by atoms with Crippen molar-refractivity contribution >= 4 is 29.1 Å². The molecule has 3 aromatic rings. The average molecular weight is 353 g/mol. The van der Waals surface area contributed by atoms with Crippen molar-refractivity contribution in [2.75, 3.05) is 12.3 Å². The first kappa shape index (κ1) is 16.6. The van der Waals surface area contributed by atoms with E-state index in [1.54, 1.807) is 0 Å². The second-order valence-corrected chi connectivity index (χ2v) is 6.24. The van der Waals surface area contributed by atoms with Crippen LogP contribution in [-0.4, -0.2) is 49.0 Å². The third kappa shape index (κ3) is 3.30. The highest BCUT2D eigenvalue weighted by Gasteiger charge is 2.32. The number of nitrogen functional groups attached to an aromatic ring is 1. The predicted molar refractivity (Wildman–Crippen MR) is 96.8 cm³/mol. The fourth-order valence-corrected chi connectivity index (χ4v) is 2.93. The Bertz CT molecular complexity index is 941. The van der Waals surface area contributed by atoms with Crippen LogP contribution in [-0.2, 0) is 4.74 Å². The van der Waals surface area contributed by atoms with Crippen LogP contribution >= 0.6 is 0 Å². The molecule has 0 aliphatic carbocycles. The summed E-state index contributed by atoms with van der Waals surface area (Å²) in [4.78, 5) is 15.9. The smallest absolute Gasteiger partial charge is 0.183 e. The summed E-state index contributed by atoms with van der Waals surface area (Å²) in [5, 5.41) is 20.0. The van der Waals surface area contributed by atoms with E-state index in [9.17, 15) is 10.2 Å². The summed E-state index contributed by atoms with van der Waals surface area (Å²) in [6, 6.07) is 9.83. The number of anilines is 1. The Labute approximate surface area is 149 Å². The molecule has 0 radical (unpaired) electrons. The lowest BCUT2D eigenvalue weighted by molar-refractivity contribution is -0.00843. The maximum absolute atomic E-state index is 10.4. The molecule has 1 aliphatic heterocycles. The highest BCUT2D eigenvalue weighted by molar-refractivity contribution is 5.83. The number of hydrogen-bond acceptors (Lipinski definition) is 7. The third-order valence-electron chi connectivity index (χ3n) is 4.27. The number of nitrogens with zero attached hydrogens (tertiary/aromatic N) is 3. The van der Waals surface area contributed by atoms with Crippen LogP contribution in [0.25, 0.3) is 23.3 Å². The van der Waals surface area contributed by atoms with E-state index in [0.717, 1.165) is 5.56 Å². The van der Waals surface area contributed by atoms with Gasteiger partial charge in [-0.25, -0.2) is 15.0 Å². The van der Waals surface area contributed by atoms with Crippen LogP contribution in [0.5, 0.6) is 0 Å². The number of ether oxygens (including phenoxy) is 1. The number of nitrogens with one attached hydrogen (secondary N) is 1. The molecule has 1 aromatic carbocycles. The quantitative estimate of drug-likeness (QED) is 0.556. The first-order chi connectivity index (χ1) is 12.6. The van der Waals surface area contributed by atoms with Gasteiger partial charge < -0.3 is 25.7 Å². The lowest BCUT2D eigenvalue weighted by atomic mass is 10.1. The van der Waals surface area contributed by atoms with Gasteiger partial charge in [-0.2, -0.15) is 0 Å². The van der Waals surface area contributed by atoms with E-state index in [4.69, 9.17) is 10.5 Å². The molecule has 4 rings (SSSR count). The lowest BCUT2D eigenvalue weighted by Crippen LogP contribution is -2.20. The van der Waals surface area contributed by atoms with Gasteiger partial charge in [0.25, 0.3) is 0 Å². The number of imidazole rings is 1. The molecule has 3 heterocycles. The fourth-order valence-electron chi connectivity index (χ4n) is 2.93. The van der Waals surface area contributed by atoms with Gasteiger partial charge in [-0.05, 0) is 11.6 Å². The Morgan fingerprint density at radius 3 is 2.73 bits per heavy atom. The molecule has 1 aliphatic rings. The number of aromatic amines is 1. The molecule has 26 heavy (non-hydrogen) atoms. The zero-order valence-corrected chi connectivity index (χ0v) is 13.9. The van der Waals surface area contributed by atoms with Gasteiger partial charge >= 0.3 is 0 Å². The number of aromatic nitrogens is 4. The SMILES string of the molecule is Nc1nc(C(O)C2CC(O)CO2)nc2nc(/C=C/c3ccccc3)[nH]c12. The van der Waals surface area contributed by atoms with Crippen molar-refractivity contribution in [1.82, 2.24) is 19.9 Å². The van der Waals surface area contributed by atoms with E-state index in [1.165, 1.54) is 0 Å². The van der Waals surface area contributed by atoms with Gasteiger partial charge in [0, 0.05) is 6.42 Å². The molecule has 3 unspecified atom stereocenters. The lowest BCUT2D eigenvalue weighted by Gasteiger charge is -2.15. The molecule has 8 heteroatoms. The number of hydrogen-bond donors (Lipinski definition) is 4. The van der Waals surface area contributed by atoms with E-state index < -0.39 is 18.3 Å². The highest BCUT2D eigenvalue weighted by Crippen LogP contribution is 2.27. The van der Waals surface area contributed by atoms with Crippen molar-refractivity contribution in [3.8, 4) is 0 Å². The summed E-state index contributed by atoms with van der Waals surface area (Å²) in [6.07, 6.45) is 1.86. The predicted octanol–water partition coefficient (Wildman–Crippen LogP) is 1.29. The van der Waals surface area contributed by atoms with Crippen LogP contribution in [0.1, 0.15) is 29.7 Å². The van der Waals surface area contributed by atoms with Crippen molar-refractivity contribution in [3.05, 3.63) is 47.5 Å². The maximum Gasteiger partial charge on any atom is 0.183 e. The van der Waals surface area contributed by atoms with Gasteiger partial charge in [-0.15, -0.1) is 0 Å². The number of aliphatic hydroxyl groups is 2. The van der Waals surface area contributed by atoms with Crippen molar-refractivity contribution in [1.29, 1.82) is 0 Å². The topological polar surface area (TPSA) is 130 Å². The normalized spacial score (nSPS) is 21.6. The zero-order valence-electron chi connectivity index (χ0n) is 13.9. The Hall–Kier alpha value is -2.81. The minimum atomic E-state index is -1.07. The first-order valence-corrected chi connectivity index (χ1v) is 8.34. The summed E-state index contributed by atoms with van der Waals surface area (Å²) in [5.74, 6) is 0.928. The van der Waals surface area contributed by atoms with Crippen LogP contribution < -0.4 is 5.73 Å². The molecular weight excluding hydrogens is 334 g/mol. The minimum Gasteiger partial charge on any atom is -0.391 e. The summed E-state index contributed by atoms with van der Waals surface area (Å²) < 4.78 is 5.37. The maximum atomic E-state index is 10.4. The average Bonchev–Trinajstić information content (AvgIpc) is 3.26. The molecule has 1 saturated heterocycles. The standard InChI is InChI=1S/C18H19N5O3/c19-16-14-17(21-13(20-14)7-6-10-4-2-1-3-5-10)23-18(22-16)15(25)12-8-11(24)9-26-12/h1-7,11-12,15,24-25H,8-9H2,(H3,19,20,21,22,23)/b7-6+. The monoisotopic (exact) mass is 353 g/mol. The summed E-state index contributed by atoms with van der Waals surface area (Å²) in [6.45, 7) is 0.191. The number of nitrogens with two attached hydrogens (primary N) is 1. The van der Waals surface area contributed by atoms with E-state index in [-0.39, 0.29) is 18.2 Å². The minimum absolute atomic E-state index is 0.138. The van der Waals surface area contributed by atoms with Gasteiger partial charge in [-0.3, -0.25) is 0 Å². The fraction of sp³-hybridized carbons (Fsp3) is 0.278. The second-order valence-electron chi connectivity index (χ2n) is 6.24. The molecule has 2 aromatic heterocycles. The van der Waals surface area contributed by atoms with E-state index >= 15 is 0 Å². The van der Waals surface area contributed by atoms with Crippen molar-refractivity contribution < 1.29 is 14.9 Å². The van der Waals surface area contributed by atoms with E-state index in [1.807, 2.05) is 42.5 Å². The van der Waals surface area contributed by atoms with Crippen LogP contribution in [0.4, 0.5) is 5.82 Å². The molecule has 8 nitrogen and oxygen atoms in total. The first-order valence-electron chi connectivity index (χ1n) is 8.34. The van der Waals surface area contributed by atoms with Gasteiger partial charge in [-0.1, -0.05) is 36.4 Å². The molecule has 0 spiro atoms. The van der Waals surface area contributed by atoms with Crippen LogP contribution in [0, 0.1) is 0 Å². The highest BCUT2D eigenvalue weighted by atomic mass is 16.5. The summed E-state index contributed by atoms with van der Waals surface area (Å²) in [5.41, 5.74) is 7.92. The number of benzene rings is 1. The second kappa shape index (κ2) is 6.83. The Morgan fingerprint density at radius 2 is 2.00 bits per heavy atom. The summed E-state index contributed by atoms with van der Waals surface area (Å²) >= 11 is 0. The van der Waals surface area contributed by atoms with Crippen molar-refractivity contribution in [2.24, 2.45) is 0 Å². The van der Waals surface area contributed by atoms with Crippen LogP contribution in [0.3, 0.4) is 0 Å². The number of rotatable bonds is 4.